The van der Waals surface area contributed by atoms with Crippen LogP contribution in [0.1, 0.15) is 34.3 Å². The van der Waals surface area contributed by atoms with Crippen molar-refractivity contribution in [1.82, 2.24) is 9.99 Å². The molecular weight excluding hydrogens is 600 g/mol. The lowest BCUT2D eigenvalue weighted by Crippen LogP contribution is -2.56. The lowest BCUT2D eigenvalue weighted by molar-refractivity contribution is -0.297. The number of ether oxygens (including phenoxy) is 2. The number of rotatable bonds is 6. The molecule has 0 fully saturated rings. The molecule has 10 nitrogen and oxygen atoms in total. The number of hydrazone groups is 2. The minimum atomic E-state index is -5.33. The number of methoxy groups -OCH3 is 2. The molecule has 232 valence electrons. The van der Waals surface area contributed by atoms with E-state index >= 15 is 0 Å². The lowest BCUT2D eigenvalue weighted by atomic mass is 10.0. The number of hydrogen-bond acceptors (Lipinski definition) is 9. The molecule has 2 atom stereocenters. The molecule has 2 aromatic carbocycles. The zero-order chi connectivity index (χ0) is 32.1. The van der Waals surface area contributed by atoms with Gasteiger partial charge in [-0.15, -0.1) is 0 Å². The highest BCUT2D eigenvalue weighted by atomic mass is 19.4. The Balaban J connectivity index is 1.47. The number of alkyl halides is 6. The number of hydrogen-bond donors (Lipinski definition) is 2. The van der Waals surface area contributed by atoms with Crippen LogP contribution in [0.25, 0.3) is 0 Å². The zero-order valence-corrected chi connectivity index (χ0v) is 22.9. The fourth-order valence-electron chi connectivity index (χ4n) is 4.64. The average molecular weight is 624 g/mol. The molecule has 2 unspecified atom stereocenters. The first-order valence-electron chi connectivity index (χ1n) is 12.7. The Kier molecular flexibility index (Phi) is 7.53. The number of pyridine rings is 1. The molecule has 44 heavy (non-hydrogen) atoms. The number of aromatic nitrogens is 1. The number of carbonyl (C=O) groups is 1. The molecule has 2 aliphatic heterocycles. The molecular formula is C28H23F6N5O5. The van der Waals surface area contributed by atoms with Crippen LogP contribution in [0.3, 0.4) is 0 Å². The third-order valence-corrected chi connectivity index (χ3v) is 7.13. The maximum absolute atomic E-state index is 14.1. The Morgan fingerprint density at radius 1 is 0.750 bits per heavy atom. The van der Waals surface area contributed by atoms with Crippen molar-refractivity contribution in [2.45, 2.75) is 36.6 Å². The molecule has 0 radical (unpaired) electrons. The summed E-state index contributed by atoms with van der Waals surface area (Å²) in [5, 5.41) is 29.1. The molecule has 16 heteroatoms. The van der Waals surface area contributed by atoms with E-state index in [2.05, 4.69) is 15.2 Å². The summed E-state index contributed by atoms with van der Waals surface area (Å²) in [6, 6.07) is 13.4. The van der Waals surface area contributed by atoms with Gasteiger partial charge in [0.15, 0.2) is 5.82 Å². The SMILES string of the molecule is COc1ccc(C2=NN(C(=O)c3ccc(N4N=C(c5ccc(OC)cc5)CC4(O)C(F)(F)F)nc3)C(O)(C(F)(F)F)C2)cc1. The first-order chi connectivity index (χ1) is 20.6. The van der Waals surface area contributed by atoms with E-state index in [0.29, 0.717) is 17.7 Å². The Morgan fingerprint density at radius 3 is 1.66 bits per heavy atom. The molecule has 0 bridgehead atoms. The predicted octanol–water partition coefficient (Wildman–Crippen LogP) is 4.47. The van der Waals surface area contributed by atoms with Gasteiger partial charge in [0.05, 0.1) is 44.0 Å². The van der Waals surface area contributed by atoms with Crippen LogP contribution in [-0.2, 0) is 0 Å². The van der Waals surface area contributed by atoms with Gasteiger partial charge in [0.25, 0.3) is 17.4 Å². The topological polar surface area (TPSA) is 120 Å². The summed E-state index contributed by atoms with van der Waals surface area (Å²) in [7, 11) is 2.80. The number of nitrogens with zero attached hydrogens (tertiary/aromatic N) is 5. The van der Waals surface area contributed by atoms with Crippen molar-refractivity contribution in [2.75, 3.05) is 19.2 Å². The molecule has 0 saturated heterocycles. The normalized spacial score (nSPS) is 22.1. The first-order valence-corrected chi connectivity index (χ1v) is 12.7. The van der Waals surface area contributed by atoms with Gasteiger partial charge in [-0.05, 0) is 71.8 Å². The fourth-order valence-corrected chi connectivity index (χ4v) is 4.64. The van der Waals surface area contributed by atoms with Crippen molar-refractivity contribution in [1.29, 1.82) is 0 Å². The quantitative estimate of drug-likeness (QED) is 0.389. The molecule has 0 aliphatic carbocycles. The van der Waals surface area contributed by atoms with E-state index in [1.807, 2.05) is 0 Å². The highest BCUT2D eigenvalue weighted by Gasteiger charge is 2.64. The summed E-state index contributed by atoms with van der Waals surface area (Å²) in [5.74, 6) is -1.14. The van der Waals surface area contributed by atoms with E-state index in [-0.39, 0.29) is 32.6 Å². The van der Waals surface area contributed by atoms with Crippen molar-refractivity contribution < 1.29 is 50.8 Å². The summed E-state index contributed by atoms with van der Waals surface area (Å²) in [6.45, 7) is 0. The van der Waals surface area contributed by atoms with Crippen molar-refractivity contribution in [2.24, 2.45) is 10.2 Å². The van der Waals surface area contributed by atoms with Gasteiger partial charge >= 0.3 is 12.4 Å². The second kappa shape index (κ2) is 10.8. The largest absolute Gasteiger partial charge is 0.497 e. The van der Waals surface area contributed by atoms with Crippen LogP contribution in [0.2, 0.25) is 0 Å². The molecule has 2 N–H and O–H groups in total. The first kappa shape index (κ1) is 30.7. The van der Waals surface area contributed by atoms with Crippen LogP contribution < -0.4 is 14.5 Å². The number of anilines is 1. The van der Waals surface area contributed by atoms with E-state index < -0.39 is 53.9 Å². The number of aliphatic hydroxyl groups is 2. The Hall–Kier alpha value is -4.70. The van der Waals surface area contributed by atoms with Crippen LogP contribution in [-0.4, -0.2) is 75.6 Å². The van der Waals surface area contributed by atoms with E-state index in [4.69, 9.17) is 9.47 Å². The fraction of sp³-hybridized carbons (Fsp3) is 0.286. The van der Waals surface area contributed by atoms with Gasteiger partial charge in [-0.2, -0.15) is 41.6 Å². The number of benzene rings is 2. The summed E-state index contributed by atoms with van der Waals surface area (Å²) >= 11 is 0. The van der Waals surface area contributed by atoms with Crippen molar-refractivity contribution >= 4 is 23.1 Å². The number of halogens is 6. The van der Waals surface area contributed by atoms with Gasteiger partial charge in [0.1, 0.15) is 11.5 Å². The van der Waals surface area contributed by atoms with Gasteiger partial charge in [-0.25, -0.2) is 9.99 Å². The predicted molar refractivity (Wildman–Crippen MR) is 143 cm³/mol. The summed E-state index contributed by atoms with van der Waals surface area (Å²) in [5.41, 5.74) is -7.73. The zero-order valence-electron chi connectivity index (χ0n) is 22.9. The second-order valence-electron chi connectivity index (χ2n) is 9.87. The van der Waals surface area contributed by atoms with Crippen LogP contribution in [0, 0.1) is 0 Å². The van der Waals surface area contributed by atoms with E-state index in [1.54, 1.807) is 0 Å². The third-order valence-electron chi connectivity index (χ3n) is 7.13. The van der Waals surface area contributed by atoms with Gasteiger partial charge in [-0.3, -0.25) is 4.79 Å². The molecule has 1 aromatic heterocycles. The molecule has 0 saturated carbocycles. The van der Waals surface area contributed by atoms with Crippen molar-refractivity contribution in [3.05, 3.63) is 83.6 Å². The van der Waals surface area contributed by atoms with E-state index in [0.717, 1.165) is 12.1 Å². The molecule has 2 aliphatic rings. The molecule has 1 amide bonds. The van der Waals surface area contributed by atoms with E-state index in [1.165, 1.54) is 62.8 Å². The summed E-state index contributed by atoms with van der Waals surface area (Å²) < 4.78 is 94.5. The van der Waals surface area contributed by atoms with E-state index in [9.17, 15) is 41.4 Å². The smallest absolute Gasteiger partial charge is 0.438 e. The molecule has 3 heterocycles. The second-order valence-corrected chi connectivity index (χ2v) is 9.87. The maximum Gasteiger partial charge on any atom is 0.438 e. The summed E-state index contributed by atoms with van der Waals surface area (Å²) in [4.78, 5) is 17.0. The van der Waals surface area contributed by atoms with Crippen LogP contribution in [0.5, 0.6) is 11.5 Å². The monoisotopic (exact) mass is 623 g/mol. The molecule has 3 aromatic rings. The van der Waals surface area contributed by atoms with Gasteiger partial charge in [0, 0.05) is 6.20 Å². The van der Waals surface area contributed by atoms with Crippen molar-refractivity contribution in [3.63, 3.8) is 0 Å². The molecule has 5 rings (SSSR count). The van der Waals surface area contributed by atoms with Gasteiger partial charge in [0.2, 0.25) is 0 Å². The Labute approximate surface area is 245 Å². The third kappa shape index (κ3) is 5.19. The highest BCUT2D eigenvalue weighted by molar-refractivity contribution is 6.06. The van der Waals surface area contributed by atoms with Crippen LogP contribution in [0.15, 0.2) is 77.1 Å². The maximum atomic E-state index is 14.1. The van der Waals surface area contributed by atoms with Gasteiger partial charge < -0.3 is 19.7 Å². The standard InChI is InChI=1S/C28H23F6N5O5/c1-43-19-8-3-16(4-9-19)21-13-25(41,27(29,30)31)38(36-21)23-12-7-18(15-35-23)24(40)39-26(42,28(32,33)34)14-22(37-39)17-5-10-20(44-2)11-6-17/h3-12,15,41-42H,13-14H2,1-2H3. The Bertz CT molecular complexity index is 1610. The molecule has 0 spiro atoms. The Morgan fingerprint density at radius 2 is 1.23 bits per heavy atom. The minimum Gasteiger partial charge on any atom is -0.497 e. The van der Waals surface area contributed by atoms with Gasteiger partial charge in [-0.1, -0.05) is 0 Å². The minimum absolute atomic E-state index is 0.134. The number of amides is 1. The number of carbonyl (C=O) groups excluding carboxylic acids is 1. The average Bonchev–Trinajstić information content (AvgIpc) is 3.56. The van der Waals surface area contributed by atoms with Crippen molar-refractivity contribution in [3.8, 4) is 11.5 Å². The highest BCUT2D eigenvalue weighted by Crippen LogP contribution is 2.44. The summed E-state index contributed by atoms with van der Waals surface area (Å²) in [6.07, 6.45) is -11.9. The van der Waals surface area contributed by atoms with Crippen LogP contribution in [0.4, 0.5) is 32.2 Å². The van der Waals surface area contributed by atoms with Crippen LogP contribution >= 0.6 is 0 Å². The lowest BCUT2D eigenvalue weighted by Gasteiger charge is -2.33.